The number of pyridine rings is 1. The average molecular weight is 266 g/mol. The van der Waals surface area contributed by atoms with Crippen molar-refractivity contribution < 1.29 is 0 Å². The topological polar surface area (TPSA) is 22.0 Å². The molecule has 17 heavy (non-hydrogen) atoms. The molecule has 0 bridgehead atoms. The number of halogens is 2. The Morgan fingerprint density at radius 1 is 1.06 bits per heavy atom. The molecule has 0 spiro atoms. The first-order valence-corrected chi connectivity index (χ1v) is 5.62. The van der Waals surface area contributed by atoms with Crippen LogP contribution in [0.2, 0.25) is 10.0 Å². The van der Waals surface area contributed by atoms with Crippen molar-refractivity contribution in [2.24, 2.45) is 0 Å². The van der Waals surface area contributed by atoms with Gasteiger partial charge in [-0.15, -0.1) is 0 Å². The van der Waals surface area contributed by atoms with Gasteiger partial charge in [0, 0.05) is 11.4 Å². The first kappa shape index (κ1) is 12.0. The fourth-order valence-corrected chi connectivity index (χ4v) is 2.09. The summed E-state index contributed by atoms with van der Waals surface area (Å²) in [5.74, 6) is 0. The first-order valence-electron chi connectivity index (χ1n) is 4.86. The number of hydrogen-bond acceptors (Lipinski definition) is 1. The number of aromatic nitrogens is 1. The van der Waals surface area contributed by atoms with Crippen LogP contribution < -0.4 is 16.0 Å². The summed E-state index contributed by atoms with van der Waals surface area (Å²) in [5, 5.41) is 1.75. The van der Waals surface area contributed by atoms with Crippen LogP contribution in [-0.2, 0) is 0 Å². The number of para-hydroxylation sites is 1. The predicted octanol–water partition coefficient (Wildman–Crippen LogP) is 1.96. The van der Waals surface area contributed by atoms with E-state index in [1.54, 1.807) is 30.5 Å². The Labute approximate surface area is 108 Å². The smallest absolute Gasteiger partial charge is 0.262 e. The second-order valence-corrected chi connectivity index (χ2v) is 4.38. The Morgan fingerprint density at radius 2 is 1.65 bits per heavy atom. The van der Waals surface area contributed by atoms with Crippen molar-refractivity contribution >= 4 is 36.4 Å². The van der Waals surface area contributed by atoms with Gasteiger partial charge in [-0.1, -0.05) is 42.4 Å². The molecular weight excluding hydrogens is 257 g/mol. The van der Waals surface area contributed by atoms with E-state index in [2.05, 4.69) is 13.2 Å². The average Bonchev–Trinajstić information content (AvgIpc) is 2.29. The zero-order chi connectivity index (χ0) is 12.6. The van der Waals surface area contributed by atoms with Crippen LogP contribution in [0.3, 0.4) is 0 Å². The highest BCUT2D eigenvalue weighted by Crippen LogP contribution is 2.26. The highest BCUT2D eigenvalue weighted by Gasteiger charge is 2.09. The van der Waals surface area contributed by atoms with Gasteiger partial charge in [0.05, 0.1) is 15.7 Å². The van der Waals surface area contributed by atoms with Gasteiger partial charge < -0.3 is 0 Å². The lowest BCUT2D eigenvalue weighted by Crippen LogP contribution is -2.42. The Kier molecular flexibility index (Phi) is 3.09. The van der Waals surface area contributed by atoms with E-state index in [1.165, 1.54) is 4.57 Å². The van der Waals surface area contributed by atoms with Gasteiger partial charge in [-0.25, -0.2) is 0 Å². The molecule has 2 rings (SSSR count). The number of nitrogens with zero attached hydrogens (tertiary/aromatic N) is 1. The summed E-state index contributed by atoms with van der Waals surface area (Å²) in [5.41, 5.74) is 0.193. The van der Waals surface area contributed by atoms with Crippen LogP contribution in [0.1, 0.15) is 0 Å². The fourth-order valence-electron chi connectivity index (χ4n) is 1.51. The third-order valence-electron chi connectivity index (χ3n) is 2.47. The summed E-state index contributed by atoms with van der Waals surface area (Å²) in [6.07, 6.45) is 1.59. The highest BCUT2D eigenvalue weighted by atomic mass is 35.5. The Bertz CT molecular complexity index is 714. The molecule has 0 saturated heterocycles. The van der Waals surface area contributed by atoms with Crippen LogP contribution in [0.15, 0.2) is 35.3 Å². The lowest BCUT2D eigenvalue weighted by Gasteiger charge is -2.09. The van der Waals surface area contributed by atoms with Gasteiger partial charge in [-0.3, -0.25) is 9.36 Å². The summed E-state index contributed by atoms with van der Waals surface area (Å²) >= 11 is 12.1. The Balaban J connectivity index is 2.88. The molecule has 0 aliphatic carbocycles. The van der Waals surface area contributed by atoms with Gasteiger partial charge in [-0.05, 0) is 23.4 Å². The van der Waals surface area contributed by atoms with Crippen LogP contribution in [0.25, 0.3) is 18.8 Å². The largest absolute Gasteiger partial charge is 0.281 e. The summed E-state index contributed by atoms with van der Waals surface area (Å²) in [7, 11) is 0. The quantitative estimate of drug-likeness (QED) is 0.773. The minimum Gasteiger partial charge on any atom is -0.281 e. The zero-order valence-corrected chi connectivity index (χ0v) is 10.4. The lowest BCUT2D eigenvalue weighted by atomic mass is 10.3. The minimum absolute atomic E-state index is 0.271. The molecule has 0 N–H and O–H groups in total. The van der Waals surface area contributed by atoms with E-state index >= 15 is 0 Å². The predicted molar refractivity (Wildman–Crippen MR) is 72.4 cm³/mol. The SMILES string of the molecule is C=c1ccn(-c2c(Cl)cccc2Cl)c(=O)c1=C. The van der Waals surface area contributed by atoms with E-state index in [-0.39, 0.29) is 5.56 Å². The minimum atomic E-state index is -0.271. The molecule has 0 atom stereocenters. The molecule has 0 unspecified atom stereocenters. The summed E-state index contributed by atoms with van der Waals surface area (Å²) in [6.45, 7) is 7.40. The van der Waals surface area contributed by atoms with Gasteiger partial charge in [0.2, 0.25) is 0 Å². The second kappa shape index (κ2) is 4.40. The van der Waals surface area contributed by atoms with E-state index in [0.29, 0.717) is 26.2 Å². The molecule has 0 radical (unpaired) electrons. The van der Waals surface area contributed by atoms with Gasteiger partial charge in [0.1, 0.15) is 0 Å². The fraction of sp³-hybridized carbons (Fsp3) is 0. The van der Waals surface area contributed by atoms with Crippen molar-refractivity contribution in [2.45, 2.75) is 0 Å². The lowest BCUT2D eigenvalue weighted by molar-refractivity contribution is 0.971. The molecule has 0 aliphatic heterocycles. The maximum absolute atomic E-state index is 12.0. The molecule has 4 heteroatoms. The normalized spacial score (nSPS) is 10.5. The molecule has 2 aromatic rings. The first-order chi connectivity index (χ1) is 8.02. The molecule has 1 aromatic carbocycles. The van der Waals surface area contributed by atoms with Gasteiger partial charge in [0.25, 0.3) is 5.56 Å². The molecule has 0 aliphatic rings. The molecule has 0 saturated carbocycles. The van der Waals surface area contributed by atoms with Crippen molar-refractivity contribution in [1.29, 1.82) is 0 Å². The van der Waals surface area contributed by atoms with E-state index in [9.17, 15) is 4.79 Å². The number of benzene rings is 1. The van der Waals surface area contributed by atoms with E-state index in [4.69, 9.17) is 23.2 Å². The molecule has 2 nitrogen and oxygen atoms in total. The van der Waals surface area contributed by atoms with Crippen molar-refractivity contribution in [1.82, 2.24) is 4.57 Å². The molecular formula is C13H9Cl2NO. The van der Waals surface area contributed by atoms with E-state index in [0.717, 1.165) is 0 Å². The summed E-state index contributed by atoms with van der Waals surface area (Å²) in [6, 6.07) is 6.77. The van der Waals surface area contributed by atoms with E-state index in [1.807, 2.05) is 0 Å². The third kappa shape index (κ3) is 2.02. The molecule has 0 amide bonds. The van der Waals surface area contributed by atoms with Crippen LogP contribution >= 0.6 is 23.2 Å². The molecule has 1 aromatic heterocycles. The van der Waals surface area contributed by atoms with Crippen LogP contribution in [0.4, 0.5) is 0 Å². The third-order valence-corrected chi connectivity index (χ3v) is 3.08. The Hall–Kier alpha value is -1.51. The van der Waals surface area contributed by atoms with Crippen LogP contribution in [0, 0.1) is 0 Å². The van der Waals surface area contributed by atoms with Crippen LogP contribution in [0.5, 0.6) is 0 Å². The van der Waals surface area contributed by atoms with Crippen molar-refractivity contribution in [3.63, 3.8) is 0 Å². The van der Waals surface area contributed by atoms with Gasteiger partial charge in [0.15, 0.2) is 0 Å². The van der Waals surface area contributed by atoms with Crippen molar-refractivity contribution in [2.75, 3.05) is 0 Å². The maximum atomic E-state index is 12.0. The van der Waals surface area contributed by atoms with Gasteiger partial charge in [-0.2, -0.15) is 0 Å². The highest BCUT2D eigenvalue weighted by molar-refractivity contribution is 6.37. The van der Waals surface area contributed by atoms with Crippen LogP contribution in [-0.4, -0.2) is 4.57 Å². The number of hydrogen-bond donors (Lipinski definition) is 0. The number of rotatable bonds is 1. The Morgan fingerprint density at radius 3 is 2.24 bits per heavy atom. The second-order valence-electron chi connectivity index (χ2n) is 3.56. The summed E-state index contributed by atoms with van der Waals surface area (Å²) in [4.78, 5) is 12.0. The van der Waals surface area contributed by atoms with Crippen molar-refractivity contribution in [3.05, 3.63) is 61.3 Å². The molecule has 0 fully saturated rings. The zero-order valence-electron chi connectivity index (χ0n) is 8.91. The standard InChI is InChI=1S/C13H9Cl2NO/c1-8-6-7-16(13(17)9(8)2)12-10(14)4-3-5-11(12)15/h3-7H,1-2H2. The monoisotopic (exact) mass is 265 g/mol. The maximum Gasteiger partial charge on any atom is 0.262 e. The molecule has 1 heterocycles. The van der Waals surface area contributed by atoms with E-state index < -0.39 is 0 Å². The van der Waals surface area contributed by atoms with Gasteiger partial charge >= 0.3 is 0 Å². The summed E-state index contributed by atoms with van der Waals surface area (Å²) < 4.78 is 1.38. The van der Waals surface area contributed by atoms with Crippen molar-refractivity contribution in [3.8, 4) is 5.69 Å². The molecule has 86 valence electrons.